The predicted molar refractivity (Wildman–Crippen MR) is 106 cm³/mol. The lowest BCUT2D eigenvalue weighted by Crippen LogP contribution is -2.46. The molecular weight excluding hydrogens is 343 g/mol. The number of rotatable bonds is 5. The molecule has 2 N–H and O–H groups in total. The molecule has 0 radical (unpaired) electrons. The molecule has 1 amide bonds. The summed E-state index contributed by atoms with van der Waals surface area (Å²) >= 11 is 0. The fraction of sp³-hybridized carbons (Fsp3) is 0.619. The Morgan fingerprint density at radius 2 is 2.07 bits per heavy atom. The summed E-state index contributed by atoms with van der Waals surface area (Å²) in [6.45, 7) is 2.26. The first-order chi connectivity index (χ1) is 13.2. The maximum atomic E-state index is 13.2. The molecule has 0 bridgehead atoms. The number of carbonyl (C=O) groups excluding carboxylic acids is 1. The van der Waals surface area contributed by atoms with Crippen molar-refractivity contribution >= 4 is 11.9 Å². The van der Waals surface area contributed by atoms with Gasteiger partial charge in [-0.15, -0.1) is 0 Å². The Morgan fingerprint density at radius 1 is 1.26 bits per heavy atom. The topological polar surface area (TPSA) is 56.7 Å². The molecule has 1 unspecified atom stereocenters. The highest BCUT2D eigenvalue weighted by Crippen LogP contribution is 2.26. The largest absolute Gasteiger partial charge is 0.356 e. The van der Waals surface area contributed by atoms with E-state index in [9.17, 15) is 9.18 Å². The first-order valence-corrected chi connectivity index (χ1v) is 10.2. The zero-order valence-corrected chi connectivity index (χ0v) is 16.2. The van der Waals surface area contributed by atoms with Crippen molar-refractivity contribution in [1.29, 1.82) is 0 Å². The van der Waals surface area contributed by atoms with Crippen LogP contribution < -0.4 is 10.6 Å². The number of guanidine groups is 1. The van der Waals surface area contributed by atoms with Gasteiger partial charge in [0.2, 0.25) is 5.91 Å². The number of hydrogen-bond donors (Lipinski definition) is 2. The number of benzene rings is 1. The average molecular weight is 375 g/mol. The van der Waals surface area contributed by atoms with Crippen molar-refractivity contribution in [1.82, 2.24) is 15.5 Å². The molecule has 0 spiro atoms. The van der Waals surface area contributed by atoms with Crippen LogP contribution in [0, 0.1) is 11.7 Å². The molecule has 1 aromatic carbocycles. The van der Waals surface area contributed by atoms with Crippen molar-refractivity contribution in [2.45, 2.75) is 51.0 Å². The highest BCUT2D eigenvalue weighted by Gasteiger charge is 2.31. The van der Waals surface area contributed by atoms with Gasteiger partial charge < -0.3 is 15.5 Å². The van der Waals surface area contributed by atoms with Gasteiger partial charge in [0, 0.05) is 38.6 Å². The van der Waals surface area contributed by atoms with E-state index in [0.29, 0.717) is 12.5 Å². The van der Waals surface area contributed by atoms with Crippen molar-refractivity contribution in [2.24, 2.45) is 10.9 Å². The van der Waals surface area contributed by atoms with E-state index in [1.165, 1.54) is 25.3 Å². The number of amides is 1. The van der Waals surface area contributed by atoms with Gasteiger partial charge in [0.1, 0.15) is 5.82 Å². The van der Waals surface area contributed by atoms with Gasteiger partial charge in [-0.1, -0.05) is 31.4 Å². The SMILES string of the molecule is CN=C(NCCc1cccc(F)c1)NC1CCN(C(=O)C2CCCCC2)C1. The van der Waals surface area contributed by atoms with Gasteiger partial charge >= 0.3 is 0 Å². The molecule has 3 rings (SSSR count). The molecule has 1 saturated heterocycles. The lowest BCUT2D eigenvalue weighted by Gasteiger charge is -2.26. The van der Waals surface area contributed by atoms with E-state index in [-0.39, 0.29) is 17.8 Å². The zero-order chi connectivity index (χ0) is 19.1. The second-order valence-corrected chi connectivity index (χ2v) is 7.63. The van der Waals surface area contributed by atoms with Crippen LogP contribution in [0.5, 0.6) is 0 Å². The van der Waals surface area contributed by atoms with E-state index in [0.717, 1.165) is 50.3 Å². The van der Waals surface area contributed by atoms with Gasteiger partial charge in [-0.3, -0.25) is 9.79 Å². The number of nitrogens with zero attached hydrogens (tertiary/aromatic N) is 2. The third kappa shape index (κ3) is 5.68. The van der Waals surface area contributed by atoms with Crippen LogP contribution in [0.2, 0.25) is 0 Å². The van der Waals surface area contributed by atoms with Gasteiger partial charge in [0.05, 0.1) is 0 Å². The average Bonchev–Trinajstić information content (AvgIpc) is 3.16. The molecular formula is C21H31FN4O. The zero-order valence-electron chi connectivity index (χ0n) is 16.2. The van der Waals surface area contributed by atoms with Gasteiger partial charge in [-0.2, -0.15) is 0 Å². The molecule has 1 aromatic rings. The summed E-state index contributed by atoms with van der Waals surface area (Å²) in [4.78, 5) is 19.0. The fourth-order valence-corrected chi connectivity index (χ4v) is 4.09. The number of likely N-dealkylation sites (tertiary alicyclic amines) is 1. The monoisotopic (exact) mass is 374 g/mol. The Kier molecular flexibility index (Phi) is 7.07. The summed E-state index contributed by atoms with van der Waals surface area (Å²) < 4.78 is 13.2. The Morgan fingerprint density at radius 3 is 2.81 bits per heavy atom. The van der Waals surface area contributed by atoms with Crippen molar-refractivity contribution < 1.29 is 9.18 Å². The van der Waals surface area contributed by atoms with E-state index in [1.54, 1.807) is 19.2 Å². The van der Waals surface area contributed by atoms with E-state index in [2.05, 4.69) is 15.6 Å². The van der Waals surface area contributed by atoms with Gasteiger partial charge in [-0.25, -0.2) is 4.39 Å². The second-order valence-electron chi connectivity index (χ2n) is 7.63. The minimum Gasteiger partial charge on any atom is -0.356 e. The maximum Gasteiger partial charge on any atom is 0.225 e. The van der Waals surface area contributed by atoms with Crippen LogP contribution in [0.1, 0.15) is 44.1 Å². The number of aliphatic imine (C=N–C) groups is 1. The second kappa shape index (κ2) is 9.72. The molecule has 148 valence electrons. The lowest BCUT2D eigenvalue weighted by atomic mass is 9.88. The minimum atomic E-state index is -0.205. The molecule has 1 atom stereocenters. The Hall–Kier alpha value is -2.11. The van der Waals surface area contributed by atoms with Crippen LogP contribution in [0.3, 0.4) is 0 Å². The standard InChI is InChI=1S/C21H31FN4O/c1-23-21(24-12-10-16-6-5-9-18(22)14-16)25-19-11-13-26(15-19)20(27)17-7-3-2-4-8-17/h5-6,9,14,17,19H,2-4,7-8,10-13,15H2,1H3,(H2,23,24,25). The smallest absolute Gasteiger partial charge is 0.225 e. The predicted octanol–water partition coefficient (Wildman–Crippen LogP) is 2.71. The van der Waals surface area contributed by atoms with Crippen LogP contribution in [0.15, 0.2) is 29.3 Å². The number of nitrogens with one attached hydrogen (secondary N) is 2. The van der Waals surface area contributed by atoms with Gasteiger partial charge in [-0.05, 0) is 43.4 Å². The van der Waals surface area contributed by atoms with E-state index in [4.69, 9.17) is 0 Å². The Balaban J connectivity index is 1.41. The molecule has 27 heavy (non-hydrogen) atoms. The normalized spacial score (nSPS) is 21.3. The highest BCUT2D eigenvalue weighted by molar-refractivity contribution is 5.81. The van der Waals surface area contributed by atoms with E-state index < -0.39 is 0 Å². The van der Waals surface area contributed by atoms with Crippen molar-refractivity contribution in [3.63, 3.8) is 0 Å². The number of carbonyl (C=O) groups is 1. The van der Waals surface area contributed by atoms with Crippen LogP contribution in [-0.4, -0.2) is 49.5 Å². The van der Waals surface area contributed by atoms with Crippen LogP contribution in [0.4, 0.5) is 4.39 Å². The molecule has 1 saturated carbocycles. The summed E-state index contributed by atoms with van der Waals surface area (Å²) in [5.41, 5.74) is 0.961. The molecule has 2 fully saturated rings. The molecule has 6 heteroatoms. The molecule has 5 nitrogen and oxygen atoms in total. The van der Waals surface area contributed by atoms with Crippen LogP contribution in [-0.2, 0) is 11.2 Å². The summed E-state index contributed by atoms with van der Waals surface area (Å²) in [5, 5.41) is 6.71. The Labute approximate surface area is 161 Å². The molecule has 1 aliphatic heterocycles. The third-order valence-electron chi connectivity index (χ3n) is 5.61. The van der Waals surface area contributed by atoms with Gasteiger partial charge in [0.15, 0.2) is 5.96 Å². The van der Waals surface area contributed by atoms with Crippen molar-refractivity contribution in [3.05, 3.63) is 35.6 Å². The maximum absolute atomic E-state index is 13.2. The fourth-order valence-electron chi connectivity index (χ4n) is 4.09. The minimum absolute atomic E-state index is 0.205. The summed E-state index contributed by atoms with van der Waals surface area (Å²) in [6, 6.07) is 6.90. The summed E-state index contributed by atoms with van der Waals surface area (Å²) in [7, 11) is 1.75. The quantitative estimate of drug-likeness (QED) is 0.615. The van der Waals surface area contributed by atoms with Crippen LogP contribution >= 0.6 is 0 Å². The van der Waals surface area contributed by atoms with E-state index >= 15 is 0 Å². The van der Waals surface area contributed by atoms with Crippen molar-refractivity contribution in [2.75, 3.05) is 26.7 Å². The third-order valence-corrected chi connectivity index (χ3v) is 5.61. The van der Waals surface area contributed by atoms with Gasteiger partial charge in [0.25, 0.3) is 0 Å². The molecule has 2 aliphatic rings. The first-order valence-electron chi connectivity index (χ1n) is 10.2. The molecule has 1 heterocycles. The summed E-state index contributed by atoms with van der Waals surface area (Å²) in [6.07, 6.45) is 7.43. The van der Waals surface area contributed by atoms with E-state index in [1.807, 2.05) is 11.0 Å². The molecule has 1 aliphatic carbocycles. The van der Waals surface area contributed by atoms with Crippen molar-refractivity contribution in [3.8, 4) is 0 Å². The summed E-state index contributed by atoms with van der Waals surface area (Å²) in [5.74, 6) is 1.11. The lowest BCUT2D eigenvalue weighted by molar-refractivity contribution is -0.135. The highest BCUT2D eigenvalue weighted by atomic mass is 19.1. The number of hydrogen-bond acceptors (Lipinski definition) is 2. The van der Waals surface area contributed by atoms with Crippen LogP contribution in [0.25, 0.3) is 0 Å². The Bertz CT molecular complexity index is 657. The first kappa shape index (κ1) is 19.6. The number of halogens is 1. The molecule has 0 aromatic heterocycles.